The fourth-order valence-corrected chi connectivity index (χ4v) is 2.57. The Morgan fingerprint density at radius 2 is 1.92 bits per heavy atom. The SMILES string of the molecule is O=C([O-])c1cc(I)cc(I)c1O.[Na+]. The van der Waals surface area contributed by atoms with Crippen molar-refractivity contribution in [2.45, 2.75) is 0 Å². The van der Waals surface area contributed by atoms with Crippen LogP contribution in [0.2, 0.25) is 0 Å². The monoisotopic (exact) mass is 412 g/mol. The van der Waals surface area contributed by atoms with Gasteiger partial charge in [-0.25, -0.2) is 0 Å². The van der Waals surface area contributed by atoms with Gasteiger partial charge in [0.1, 0.15) is 5.75 Å². The molecule has 0 heterocycles. The van der Waals surface area contributed by atoms with E-state index < -0.39 is 5.97 Å². The first-order valence-electron chi connectivity index (χ1n) is 2.91. The summed E-state index contributed by atoms with van der Waals surface area (Å²) >= 11 is 3.84. The predicted molar refractivity (Wildman–Crippen MR) is 57.9 cm³/mol. The number of carbonyl (C=O) groups excluding carboxylic acids is 1. The summed E-state index contributed by atoms with van der Waals surface area (Å²) in [5.41, 5.74) is -0.161. The third kappa shape index (κ3) is 3.54. The first-order valence-corrected chi connectivity index (χ1v) is 5.07. The normalized spacial score (nSPS) is 9.08. The molecule has 0 spiro atoms. The summed E-state index contributed by atoms with van der Waals surface area (Å²) in [6, 6.07) is 3.05. The van der Waals surface area contributed by atoms with Gasteiger partial charge in [-0.3, -0.25) is 0 Å². The number of aromatic carboxylic acids is 1. The maximum absolute atomic E-state index is 10.4. The molecule has 0 bridgehead atoms. The van der Waals surface area contributed by atoms with Crippen LogP contribution in [0.4, 0.5) is 0 Å². The molecule has 0 unspecified atom stereocenters. The molecule has 0 saturated heterocycles. The molecular formula is C7H3I2NaO3. The second kappa shape index (κ2) is 5.74. The average Bonchev–Trinajstić information content (AvgIpc) is 1.96. The minimum absolute atomic E-state index is 0. The number of hydrogen-bond donors (Lipinski definition) is 1. The van der Waals surface area contributed by atoms with Crippen LogP contribution in [0, 0.1) is 7.14 Å². The van der Waals surface area contributed by atoms with Crippen molar-refractivity contribution in [2.24, 2.45) is 0 Å². The average molecular weight is 412 g/mol. The largest absolute Gasteiger partial charge is 1.00 e. The molecule has 0 atom stereocenters. The first kappa shape index (κ1) is 13.9. The number of carbonyl (C=O) groups is 1. The zero-order valence-corrected chi connectivity index (χ0v) is 13.0. The summed E-state index contributed by atoms with van der Waals surface area (Å²) in [6.45, 7) is 0. The molecule has 3 nitrogen and oxygen atoms in total. The van der Waals surface area contributed by atoms with E-state index in [1.54, 1.807) is 6.07 Å². The number of carboxylic acid groups (broad SMARTS) is 1. The molecule has 1 N–H and O–H groups in total. The quantitative estimate of drug-likeness (QED) is 0.428. The molecule has 0 aliphatic heterocycles. The van der Waals surface area contributed by atoms with Crippen molar-refractivity contribution in [3.8, 4) is 5.75 Å². The van der Waals surface area contributed by atoms with Crippen LogP contribution in [0.25, 0.3) is 0 Å². The molecule has 0 aromatic heterocycles. The van der Waals surface area contributed by atoms with Gasteiger partial charge in [-0.15, -0.1) is 0 Å². The van der Waals surface area contributed by atoms with Gasteiger partial charge in [-0.2, -0.15) is 0 Å². The summed E-state index contributed by atoms with van der Waals surface area (Å²) < 4.78 is 1.27. The Morgan fingerprint density at radius 1 is 1.38 bits per heavy atom. The summed E-state index contributed by atoms with van der Waals surface area (Å²) in [5.74, 6) is -1.58. The third-order valence-corrected chi connectivity index (χ3v) is 2.69. The van der Waals surface area contributed by atoms with Gasteiger partial charge in [0.25, 0.3) is 0 Å². The fourth-order valence-electron chi connectivity index (χ4n) is 0.722. The second-order valence-corrected chi connectivity index (χ2v) is 4.48. The molecule has 0 amide bonds. The predicted octanol–water partition coefficient (Wildman–Crippen LogP) is -2.03. The van der Waals surface area contributed by atoms with Crippen LogP contribution >= 0.6 is 45.2 Å². The Hall–Kier alpha value is 0.950. The van der Waals surface area contributed by atoms with Gasteiger partial charge in [0, 0.05) is 9.13 Å². The van der Waals surface area contributed by atoms with E-state index in [9.17, 15) is 15.0 Å². The molecule has 0 fully saturated rings. The van der Waals surface area contributed by atoms with Gasteiger partial charge in [0.2, 0.25) is 0 Å². The van der Waals surface area contributed by atoms with Gasteiger partial charge in [0.15, 0.2) is 0 Å². The van der Waals surface area contributed by atoms with Crippen LogP contribution < -0.4 is 34.7 Å². The minimum Gasteiger partial charge on any atom is -0.545 e. The number of halogens is 2. The van der Waals surface area contributed by atoms with E-state index in [2.05, 4.69) is 0 Å². The Bertz CT molecular complexity index is 341. The molecule has 13 heavy (non-hydrogen) atoms. The van der Waals surface area contributed by atoms with Crippen molar-refractivity contribution < 1.29 is 44.6 Å². The van der Waals surface area contributed by atoms with Crippen LogP contribution in [-0.2, 0) is 0 Å². The van der Waals surface area contributed by atoms with Crippen molar-refractivity contribution in [1.29, 1.82) is 0 Å². The number of benzene rings is 1. The van der Waals surface area contributed by atoms with Gasteiger partial charge < -0.3 is 15.0 Å². The Labute approximate surface area is 124 Å². The molecule has 1 rings (SSSR count). The number of rotatable bonds is 1. The molecule has 1 aromatic carbocycles. The third-order valence-electron chi connectivity index (χ3n) is 1.25. The van der Waals surface area contributed by atoms with E-state index in [0.29, 0.717) is 3.57 Å². The summed E-state index contributed by atoms with van der Waals surface area (Å²) in [7, 11) is 0. The van der Waals surface area contributed by atoms with Crippen molar-refractivity contribution in [3.63, 3.8) is 0 Å². The Morgan fingerprint density at radius 3 is 2.38 bits per heavy atom. The zero-order valence-electron chi connectivity index (χ0n) is 6.67. The van der Waals surface area contributed by atoms with E-state index in [1.807, 2.05) is 45.2 Å². The first-order chi connectivity index (χ1) is 5.52. The van der Waals surface area contributed by atoms with Crippen LogP contribution in [0.5, 0.6) is 5.75 Å². The standard InChI is InChI=1S/C7H4I2O3.Na/c8-3-1-4(7(11)12)6(10)5(9)2-3;/h1-2,10H,(H,11,12);/q;+1/p-1. The summed E-state index contributed by atoms with van der Waals surface area (Å²) in [4.78, 5) is 10.4. The van der Waals surface area contributed by atoms with E-state index in [0.717, 1.165) is 3.57 Å². The fraction of sp³-hybridized carbons (Fsp3) is 0. The molecule has 6 heteroatoms. The second-order valence-electron chi connectivity index (χ2n) is 2.07. The maximum atomic E-state index is 10.4. The Balaban J connectivity index is 0.00000144. The van der Waals surface area contributed by atoms with Gasteiger partial charge in [-0.05, 0) is 57.3 Å². The van der Waals surface area contributed by atoms with Crippen molar-refractivity contribution in [3.05, 3.63) is 24.8 Å². The number of hydrogen-bond acceptors (Lipinski definition) is 3. The molecule has 1 aromatic rings. The van der Waals surface area contributed by atoms with Gasteiger partial charge in [0.05, 0.1) is 9.54 Å². The molecule has 64 valence electrons. The van der Waals surface area contributed by atoms with Gasteiger partial charge >= 0.3 is 29.6 Å². The van der Waals surface area contributed by atoms with E-state index >= 15 is 0 Å². The Kier molecular flexibility index (Phi) is 6.16. The molecule has 0 aliphatic rings. The van der Waals surface area contributed by atoms with Gasteiger partial charge in [-0.1, -0.05) is 0 Å². The van der Waals surface area contributed by atoms with Crippen molar-refractivity contribution in [1.82, 2.24) is 0 Å². The summed E-state index contributed by atoms with van der Waals surface area (Å²) in [6.07, 6.45) is 0. The van der Waals surface area contributed by atoms with Crippen LogP contribution in [-0.4, -0.2) is 11.1 Å². The summed E-state index contributed by atoms with van der Waals surface area (Å²) in [5, 5.41) is 19.7. The number of phenols is 1. The number of carboxylic acids is 1. The molecular weight excluding hydrogens is 409 g/mol. The van der Waals surface area contributed by atoms with Crippen LogP contribution in [0.3, 0.4) is 0 Å². The van der Waals surface area contributed by atoms with E-state index in [4.69, 9.17) is 0 Å². The van der Waals surface area contributed by atoms with Crippen molar-refractivity contribution in [2.75, 3.05) is 0 Å². The molecule has 0 saturated carbocycles. The zero-order chi connectivity index (χ0) is 9.30. The number of aromatic hydroxyl groups is 1. The minimum atomic E-state index is -1.36. The van der Waals surface area contributed by atoms with E-state index in [-0.39, 0.29) is 40.9 Å². The maximum Gasteiger partial charge on any atom is 1.00 e. The van der Waals surface area contributed by atoms with Crippen LogP contribution in [0.15, 0.2) is 12.1 Å². The van der Waals surface area contributed by atoms with Crippen molar-refractivity contribution >= 4 is 51.2 Å². The topological polar surface area (TPSA) is 60.4 Å². The molecule has 0 radical (unpaired) electrons. The van der Waals surface area contributed by atoms with E-state index in [1.165, 1.54) is 6.07 Å². The smallest absolute Gasteiger partial charge is 0.545 e. The molecule has 0 aliphatic carbocycles. The van der Waals surface area contributed by atoms with Crippen LogP contribution in [0.1, 0.15) is 10.4 Å².